The van der Waals surface area contributed by atoms with Crippen molar-refractivity contribution in [2.45, 2.75) is 0 Å². The minimum Gasteiger partial charge on any atom is -0.329 e. The molecule has 2 nitrogen and oxygen atoms in total. The minimum absolute atomic E-state index is 0.0174. The van der Waals surface area contributed by atoms with E-state index in [-0.39, 0.29) is 5.56 Å². The molecule has 2 aromatic rings. The van der Waals surface area contributed by atoms with Crippen molar-refractivity contribution in [1.29, 1.82) is 0 Å². The Morgan fingerprint density at radius 3 is 2.92 bits per heavy atom. The van der Waals surface area contributed by atoms with Crippen molar-refractivity contribution < 1.29 is 0 Å². The Balaban J connectivity index is 2.98. The van der Waals surface area contributed by atoms with E-state index >= 15 is 0 Å². The summed E-state index contributed by atoms with van der Waals surface area (Å²) in [5, 5.41) is 1.75. The third-order valence-electron chi connectivity index (χ3n) is 1.93. The Kier molecular flexibility index (Phi) is 1.50. The van der Waals surface area contributed by atoms with E-state index < -0.39 is 0 Å². The van der Waals surface area contributed by atoms with Gasteiger partial charge in [-0.15, -0.1) is 0 Å². The fourth-order valence-electron chi connectivity index (χ4n) is 1.30. The number of rotatable bonds is 0. The third-order valence-corrected chi connectivity index (χ3v) is 1.93. The van der Waals surface area contributed by atoms with Crippen molar-refractivity contribution in [2.24, 2.45) is 0 Å². The van der Waals surface area contributed by atoms with Crippen LogP contribution >= 0.6 is 0 Å². The molecular weight excluding hydrogens is 149 g/mol. The molecule has 0 fully saturated rings. The maximum atomic E-state index is 11.3. The van der Waals surface area contributed by atoms with Gasteiger partial charge in [-0.05, 0) is 11.5 Å². The molecule has 0 unspecified atom stereocenters. The standard InChI is InChI=1S/C9H8BNO/c10-7-2-1-6-3-4-11-9(12)8(6)5-7/h1-5H,10H2,(H,11,12). The maximum absolute atomic E-state index is 11.3. The molecule has 0 aliphatic carbocycles. The van der Waals surface area contributed by atoms with E-state index in [1.54, 1.807) is 6.20 Å². The number of H-pyrrole nitrogens is 1. The Hall–Kier alpha value is -1.51. The SMILES string of the molecule is Bc1ccc2cc[nH]c(=O)c2c1. The summed E-state index contributed by atoms with van der Waals surface area (Å²) in [6.45, 7) is 0. The summed E-state index contributed by atoms with van der Waals surface area (Å²) in [7, 11) is 1.98. The first kappa shape index (κ1) is 7.16. The normalized spacial score (nSPS) is 10.3. The molecule has 0 saturated carbocycles. The second-order valence-electron chi connectivity index (χ2n) is 2.90. The van der Waals surface area contributed by atoms with Crippen molar-refractivity contribution >= 4 is 24.1 Å². The molecule has 0 aliphatic heterocycles. The molecule has 1 aromatic carbocycles. The first-order valence-corrected chi connectivity index (χ1v) is 3.85. The predicted octanol–water partition coefficient (Wildman–Crippen LogP) is -0.213. The number of hydrogen-bond acceptors (Lipinski definition) is 1. The Bertz CT molecular complexity index is 475. The summed E-state index contributed by atoms with van der Waals surface area (Å²) in [5.41, 5.74) is 1.09. The van der Waals surface area contributed by atoms with Crippen LogP contribution in [0.15, 0.2) is 35.3 Å². The number of aromatic amines is 1. The van der Waals surface area contributed by atoms with Crippen LogP contribution in [0.25, 0.3) is 10.8 Å². The first-order chi connectivity index (χ1) is 5.77. The fraction of sp³-hybridized carbons (Fsp3) is 0. The Morgan fingerprint density at radius 2 is 2.08 bits per heavy atom. The largest absolute Gasteiger partial charge is 0.329 e. The minimum atomic E-state index is -0.0174. The Labute approximate surface area is 70.6 Å². The van der Waals surface area contributed by atoms with Gasteiger partial charge in [0.05, 0.1) is 0 Å². The van der Waals surface area contributed by atoms with Gasteiger partial charge in [0.25, 0.3) is 5.56 Å². The molecule has 0 saturated heterocycles. The summed E-state index contributed by atoms with van der Waals surface area (Å²) in [5.74, 6) is 0. The van der Waals surface area contributed by atoms with Crippen LogP contribution in [0.4, 0.5) is 0 Å². The van der Waals surface area contributed by atoms with E-state index in [4.69, 9.17) is 0 Å². The molecule has 12 heavy (non-hydrogen) atoms. The van der Waals surface area contributed by atoms with E-state index in [0.717, 1.165) is 16.2 Å². The fourth-order valence-corrected chi connectivity index (χ4v) is 1.30. The molecular formula is C9H8BNO. The molecule has 58 valence electrons. The van der Waals surface area contributed by atoms with Gasteiger partial charge in [0.15, 0.2) is 0 Å². The van der Waals surface area contributed by atoms with Crippen LogP contribution in [0.5, 0.6) is 0 Å². The van der Waals surface area contributed by atoms with Crippen LogP contribution in [-0.2, 0) is 0 Å². The highest BCUT2D eigenvalue weighted by Crippen LogP contribution is 2.04. The van der Waals surface area contributed by atoms with E-state index in [9.17, 15) is 4.79 Å². The van der Waals surface area contributed by atoms with Gasteiger partial charge in [0.1, 0.15) is 7.85 Å². The molecule has 1 heterocycles. The predicted molar refractivity (Wildman–Crippen MR) is 52.7 cm³/mol. The summed E-state index contributed by atoms with van der Waals surface area (Å²) in [6.07, 6.45) is 1.67. The van der Waals surface area contributed by atoms with Crippen LogP contribution in [0, 0.1) is 0 Å². The number of nitrogens with one attached hydrogen (secondary N) is 1. The van der Waals surface area contributed by atoms with Crippen molar-refractivity contribution in [3.63, 3.8) is 0 Å². The van der Waals surface area contributed by atoms with Crippen molar-refractivity contribution in [3.8, 4) is 0 Å². The lowest BCUT2D eigenvalue weighted by atomic mass is 9.94. The quantitative estimate of drug-likeness (QED) is 0.527. The lowest BCUT2D eigenvalue weighted by Gasteiger charge is -1.96. The van der Waals surface area contributed by atoms with Gasteiger partial charge in [0, 0.05) is 11.6 Å². The van der Waals surface area contributed by atoms with Crippen LogP contribution in [0.3, 0.4) is 0 Å². The van der Waals surface area contributed by atoms with Gasteiger partial charge in [-0.3, -0.25) is 4.79 Å². The summed E-state index contributed by atoms with van der Waals surface area (Å²) in [6, 6.07) is 7.76. The maximum Gasteiger partial charge on any atom is 0.255 e. The van der Waals surface area contributed by atoms with Crippen molar-refractivity contribution in [3.05, 3.63) is 40.8 Å². The summed E-state index contributed by atoms with van der Waals surface area (Å²) < 4.78 is 0. The van der Waals surface area contributed by atoms with Crippen LogP contribution in [0.1, 0.15) is 0 Å². The molecule has 0 atom stereocenters. The summed E-state index contributed by atoms with van der Waals surface area (Å²) >= 11 is 0. The number of pyridine rings is 1. The van der Waals surface area contributed by atoms with Gasteiger partial charge >= 0.3 is 0 Å². The van der Waals surface area contributed by atoms with Crippen molar-refractivity contribution in [2.75, 3.05) is 0 Å². The van der Waals surface area contributed by atoms with Crippen LogP contribution < -0.4 is 11.0 Å². The number of benzene rings is 1. The van der Waals surface area contributed by atoms with E-state index in [1.165, 1.54) is 0 Å². The highest BCUT2D eigenvalue weighted by molar-refractivity contribution is 6.33. The van der Waals surface area contributed by atoms with Gasteiger partial charge in [-0.1, -0.05) is 23.7 Å². The van der Waals surface area contributed by atoms with Gasteiger partial charge in [-0.25, -0.2) is 0 Å². The number of fused-ring (bicyclic) bond motifs is 1. The molecule has 0 radical (unpaired) electrons. The molecule has 0 spiro atoms. The zero-order valence-electron chi connectivity index (χ0n) is 6.79. The van der Waals surface area contributed by atoms with Crippen molar-refractivity contribution in [1.82, 2.24) is 4.98 Å². The number of aromatic nitrogens is 1. The lowest BCUT2D eigenvalue weighted by Crippen LogP contribution is -2.09. The highest BCUT2D eigenvalue weighted by Gasteiger charge is 1.95. The molecule has 1 aromatic heterocycles. The topological polar surface area (TPSA) is 32.9 Å². The molecule has 0 amide bonds. The molecule has 1 N–H and O–H groups in total. The monoisotopic (exact) mass is 157 g/mol. The second kappa shape index (κ2) is 2.52. The average Bonchev–Trinajstić information content (AvgIpc) is 2.07. The second-order valence-corrected chi connectivity index (χ2v) is 2.90. The van der Waals surface area contributed by atoms with Gasteiger partial charge < -0.3 is 4.98 Å². The lowest BCUT2D eigenvalue weighted by molar-refractivity contribution is 1.28. The molecule has 0 aliphatic rings. The van der Waals surface area contributed by atoms with Crippen LogP contribution in [-0.4, -0.2) is 12.8 Å². The molecule has 3 heteroatoms. The van der Waals surface area contributed by atoms with Gasteiger partial charge in [0.2, 0.25) is 0 Å². The van der Waals surface area contributed by atoms with Crippen LogP contribution in [0.2, 0.25) is 0 Å². The molecule has 0 bridgehead atoms. The van der Waals surface area contributed by atoms with E-state index in [0.29, 0.717) is 0 Å². The zero-order valence-corrected chi connectivity index (χ0v) is 6.79. The average molecular weight is 157 g/mol. The highest BCUT2D eigenvalue weighted by atomic mass is 16.1. The third kappa shape index (κ3) is 1.03. The smallest absolute Gasteiger partial charge is 0.255 e. The number of hydrogen-bond donors (Lipinski definition) is 1. The van der Waals surface area contributed by atoms with E-state index in [2.05, 4.69) is 4.98 Å². The first-order valence-electron chi connectivity index (χ1n) is 3.85. The van der Waals surface area contributed by atoms with E-state index in [1.807, 2.05) is 32.1 Å². The summed E-state index contributed by atoms with van der Waals surface area (Å²) in [4.78, 5) is 13.9. The zero-order chi connectivity index (χ0) is 8.55. The molecule has 2 rings (SSSR count). The van der Waals surface area contributed by atoms with Gasteiger partial charge in [-0.2, -0.15) is 0 Å². The Morgan fingerprint density at radius 1 is 1.25 bits per heavy atom.